The molecule has 0 radical (unpaired) electrons. The molecule has 0 aliphatic heterocycles. The molecule has 1 atom stereocenters. The van der Waals surface area contributed by atoms with Crippen molar-refractivity contribution in [3.05, 3.63) is 64.2 Å². The number of hydrogen-bond acceptors (Lipinski definition) is 4. The molecule has 0 saturated carbocycles. The topological polar surface area (TPSA) is 76.9 Å². The second-order valence-corrected chi connectivity index (χ2v) is 6.39. The van der Waals surface area contributed by atoms with E-state index >= 15 is 0 Å². The predicted octanol–water partition coefficient (Wildman–Crippen LogP) is 2.07. The van der Waals surface area contributed by atoms with Gasteiger partial charge in [-0.15, -0.1) is 0 Å². The van der Waals surface area contributed by atoms with E-state index < -0.39 is 0 Å². The third-order valence-electron chi connectivity index (χ3n) is 4.72. The Morgan fingerprint density at radius 3 is 3.00 bits per heavy atom. The molecular weight excluding hydrogens is 316 g/mol. The van der Waals surface area contributed by atoms with Crippen LogP contribution in [0.2, 0.25) is 0 Å². The molecule has 0 unspecified atom stereocenters. The molecule has 2 heterocycles. The molecule has 1 aliphatic rings. The highest BCUT2D eigenvalue weighted by atomic mass is 16.2. The second-order valence-electron chi connectivity index (χ2n) is 6.39. The lowest BCUT2D eigenvalue weighted by molar-refractivity contribution is -0.120. The second kappa shape index (κ2) is 6.12. The van der Waals surface area contributed by atoms with Crippen molar-refractivity contribution in [2.24, 2.45) is 13.0 Å². The maximum absolute atomic E-state index is 12.7. The number of fused-ring (bicyclic) bond motifs is 2. The van der Waals surface area contributed by atoms with E-state index in [-0.39, 0.29) is 17.4 Å². The van der Waals surface area contributed by atoms with Gasteiger partial charge in [0.05, 0.1) is 16.9 Å². The van der Waals surface area contributed by atoms with Crippen LogP contribution in [-0.2, 0) is 24.7 Å². The standard InChI is InChI=1S/C19H18N4O2/c1-23-17(24)11-14-10-13(7-8-15(14)22-23)19(25)21-16-6-2-4-12-5-3-9-20-18(12)16/h2-6,9,11,13H,7-8,10H2,1H3,(H,21,25)/t13-/m1/s1. The van der Waals surface area contributed by atoms with Gasteiger partial charge in [0, 0.05) is 30.6 Å². The smallest absolute Gasteiger partial charge is 0.266 e. The molecule has 0 bridgehead atoms. The van der Waals surface area contributed by atoms with Crippen LogP contribution in [0.3, 0.4) is 0 Å². The van der Waals surface area contributed by atoms with Crippen LogP contribution in [0, 0.1) is 5.92 Å². The van der Waals surface area contributed by atoms with Crippen molar-refractivity contribution in [3.63, 3.8) is 0 Å². The van der Waals surface area contributed by atoms with Gasteiger partial charge in [-0.1, -0.05) is 18.2 Å². The number of benzene rings is 1. The fourth-order valence-electron chi connectivity index (χ4n) is 3.35. The summed E-state index contributed by atoms with van der Waals surface area (Å²) in [5.74, 6) is -0.204. The Hall–Kier alpha value is -3.02. The number of amides is 1. The summed E-state index contributed by atoms with van der Waals surface area (Å²) >= 11 is 0. The lowest BCUT2D eigenvalue weighted by Gasteiger charge is -2.23. The number of aromatic nitrogens is 3. The molecule has 4 rings (SSSR count). The number of nitrogens with one attached hydrogen (secondary N) is 1. The average Bonchev–Trinajstić information content (AvgIpc) is 2.62. The zero-order valence-corrected chi connectivity index (χ0v) is 13.9. The highest BCUT2D eigenvalue weighted by molar-refractivity contribution is 6.01. The van der Waals surface area contributed by atoms with Crippen molar-refractivity contribution in [1.82, 2.24) is 14.8 Å². The monoisotopic (exact) mass is 334 g/mol. The van der Waals surface area contributed by atoms with Gasteiger partial charge in [-0.05, 0) is 37.0 Å². The summed E-state index contributed by atoms with van der Waals surface area (Å²) in [5.41, 5.74) is 3.16. The van der Waals surface area contributed by atoms with Crippen LogP contribution in [-0.4, -0.2) is 20.7 Å². The summed E-state index contributed by atoms with van der Waals surface area (Å²) in [4.78, 5) is 28.9. The SMILES string of the molecule is Cn1nc2c(cc1=O)C[C@H](C(=O)Nc1cccc3cccnc13)CC2. The Kier molecular flexibility index (Phi) is 3.80. The van der Waals surface area contributed by atoms with Crippen molar-refractivity contribution in [2.45, 2.75) is 19.3 Å². The normalized spacial score (nSPS) is 16.4. The van der Waals surface area contributed by atoms with E-state index in [0.29, 0.717) is 12.8 Å². The quantitative estimate of drug-likeness (QED) is 0.778. The maximum Gasteiger partial charge on any atom is 0.266 e. The number of pyridine rings is 1. The minimum absolute atomic E-state index is 0.0375. The van der Waals surface area contributed by atoms with Gasteiger partial charge < -0.3 is 5.32 Å². The van der Waals surface area contributed by atoms with Gasteiger partial charge in [0.2, 0.25) is 5.91 Å². The number of nitrogens with zero attached hydrogens (tertiary/aromatic N) is 3. The first-order chi connectivity index (χ1) is 12.1. The van der Waals surface area contributed by atoms with Crippen LogP contribution in [0.4, 0.5) is 5.69 Å². The Labute approximate surface area is 144 Å². The maximum atomic E-state index is 12.7. The summed E-state index contributed by atoms with van der Waals surface area (Å²) in [6.45, 7) is 0. The third kappa shape index (κ3) is 2.91. The van der Waals surface area contributed by atoms with Gasteiger partial charge in [0.1, 0.15) is 0 Å². The first-order valence-electron chi connectivity index (χ1n) is 8.32. The van der Waals surface area contributed by atoms with Crippen LogP contribution in [0.15, 0.2) is 47.4 Å². The predicted molar refractivity (Wildman–Crippen MR) is 95.4 cm³/mol. The molecule has 1 aliphatic carbocycles. The summed E-state index contributed by atoms with van der Waals surface area (Å²) in [6.07, 6.45) is 3.69. The van der Waals surface area contributed by atoms with Gasteiger partial charge in [-0.2, -0.15) is 5.10 Å². The van der Waals surface area contributed by atoms with E-state index in [1.807, 2.05) is 30.3 Å². The lowest BCUT2D eigenvalue weighted by Crippen LogP contribution is -2.31. The molecule has 126 valence electrons. The van der Waals surface area contributed by atoms with Gasteiger partial charge in [-0.25, -0.2) is 4.68 Å². The molecule has 6 nitrogen and oxygen atoms in total. The van der Waals surface area contributed by atoms with Crippen LogP contribution < -0.4 is 10.9 Å². The van der Waals surface area contributed by atoms with Crippen LogP contribution in [0.5, 0.6) is 0 Å². The first-order valence-corrected chi connectivity index (χ1v) is 8.32. The number of hydrogen-bond donors (Lipinski definition) is 1. The van der Waals surface area contributed by atoms with Crippen molar-refractivity contribution in [1.29, 1.82) is 0 Å². The Balaban J connectivity index is 1.57. The molecule has 25 heavy (non-hydrogen) atoms. The Morgan fingerprint density at radius 2 is 2.12 bits per heavy atom. The van der Waals surface area contributed by atoms with E-state index in [1.54, 1.807) is 19.3 Å². The Morgan fingerprint density at radius 1 is 1.28 bits per heavy atom. The van der Waals surface area contributed by atoms with Gasteiger partial charge >= 0.3 is 0 Å². The molecule has 6 heteroatoms. The van der Waals surface area contributed by atoms with E-state index in [0.717, 1.165) is 34.3 Å². The molecule has 1 aromatic carbocycles. The fourth-order valence-corrected chi connectivity index (χ4v) is 3.35. The first kappa shape index (κ1) is 15.5. The van der Waals surface area contributed by atoms with Crippen molar-refractivity contribution in [2.75, 3.05) is 5.32 Å². The summed E-state index contributed by atoms with van der Waals surface area (Å²) in [7, 11) is 1.65. The van der Waals surface area contributed by atoms with Gasteiger partial charge in [0.25, 0.3) is 5.56 Å². The van der Waals surface area contributed by atoms with Crippen molar-refractivity contribution < 1.29 is 4.79 Å². The zero-order valence-electron chi connectivity index (χ0n) is 13.9. The number of carbonyl (C=O) groups is 1. The van der Waals surface area contributed by atoms with Gasteiger partial charge in [-0.3, -0.25) is 14.6 Å². The fraction of sp³-hybridized carbons (Fsp3) is 0.263. The molecule has 0 spiro atoms. The number of carbonyl (C=O) groups excluding carboxylic acids is 1. The van der Waals surface area contributed by atoms with E-state index in [2.05, 4.69) is 15.4 Å². The number of anilines is 1. The number of aryl methyl sites for hydroxylation is 2. The minimum atomic E-state index is -0.166. The van der Waals surface area contributed by atoms with Gasteiger partial charge in [0.15, 0.2) is 0 Å². The lowest BCUT2D eigenvalue weighted by atomic mass is 9.86. The summed E-state index contributed by atoms with van der Waals surface area (Å²) in [5, 5.41) is 8.29. The zero-order chi connectivity index (χ0) is 17.4. The minimum Gasteiger partial charge on any atom is -0.324 e. The summed E-state index contributed by atoms with van der Waals surface area (Å²) < 4.78 is 1.35. The molecular formula is C19H18N4O2. The molecule has 2 aromatic heterocycles. The van der Waals surface area contributed by atoms with Crippen LogP contribution in [0.25, 0.3) is 10.9 Å². The van der Waals surface area contributed by atoms with E-state index in [9.17, 15) is 9.59 Å². The van der Waals surface area contributed by atoms with E-state index in [1.165, 1.54) is 4.68 Å². The van der Waals surface area contributed by atoms with Crippen LogP contribution >= 0.6 is 0 Å². The highest BCUT2D eigenvalue weighted by Crippen LogP contribution is 2.26. The molecule has 3 aromatic rings. The largest absolute Gasteiger partial charge is 0.324 e. The highest BCUT2D eigenvalue weighted by Gasteiger charge is 2.26. The average molecular weight is 334 g/mol. The number of rotatable bonds is 2. The number of para-hydroxylation sites is 1. The van der Waals surface area contributed by atoms with Crippen molar-refractivity contribution >= 4 is 22.5 Å². The summed E-state index contributed by atoms with van der Waals surface area (Å²) in [6, 6.07) is 11.2. The molecule has 1 N–H and O–H groups in total. The molecule has 0 fully saturated rings. The molecule has 1 amide bonds. The third-order valence-corrected chi connectivity index (χ3v) is 4.72. The Bertz CT molecular complexity index is 1020. The van der Waals surface area contributed by atoms with E-state index in [4.69, 9.17) is 0 Å². The molecule has 0 saturated heterocycles. The van der Waals surface area contributed by atoms with Crippen LogP contribution in [0.1, 0.15) is 17.7 Å². The van der Waals surface area contributed by atoms with Crippen molar-refractivity contribution in [3.8, 4) is 0 Å².